The van der Waals surface area contributed by atoms with E-state index in [0.717, 1.165) is 19.3 Å². The first-order valence-corrected chi connectivity index (χ1v) is 9.55. The van der Waals surface area contributed by atoms with E-state index in [0.29, 0.717) is 23.5 Å². The molecule has 0 aromatic carbocycles. The van der Waals surface area contributed by atoms with Gasteiger partial charge in [-0.25, -0.2) is 8.42 Å². The van der Waals surface area contributed by atoms with Crippen LogP contribution in [-0.2, 0) is 10.0 Å². The predicted octanol–water partition coefficient (Wildman–Crippen LogP) is 3.68. The van der Waals surface area contributed by atoms with E-state index in [2.05, 4.69) is 41.7 Å². The Morgan fingerprint density at radius 3 is 2.57 bits per heavy atom. The molecule has 4 nitrogen and oxygen atoms in total. The van der Waals surface area contributed by atoms with Gasteiger partial charge in [0.15, 0.2) is 0 Å². The minimum absolute atomic E-state index is 0.233. The largest absolute Gasteiger partial charge is 0.262 e. The van der Waals surface area contributed by atoms with E-state index in [4.69, 9.17) is 0 Å². The second kappa shape index (κ2) is 6.34. The van der Waals surface area contributed by atoms with Crippen molar-refractivity contribution in [1.29, 1.82) is 0 Å². The van der Waals surface area contributed by atoms with Crippen LogP contribution in [0.3, 0.4) is 0 Å². The lowest BCUT2D eigenvalue weighted by atomic mass is 9.77. The fourth-order valence-corrected chi connectivity index (χ4v) is 4.86. The molecule has 0 bridgehead atoms. The number of pyridine rings is 1. The molecule has 1 aliphatic rings. The van der Waals surface area contributed by atoms with Crippen LogP contribution in [0.25, 0.3) is 0 Å². The third-order valence-corrected chi connectivity index (χ3v) is 6.53. The second-order valence-electron chi connectivity index (χ2n) is 6.74. The zero-order valence-corrected chi connectivity index (χ0v) is 15.2. The monoisotopic (exact) mass is 374 g/mol. The van der Waals surface area contributed by atoms with Crippen molar-refractivity contribution in [2.24, 2.45) is 11.3 Å². The Hall–Kier alpha value is -0.460. The van der Waals surface area contributed by atoms with Crippen molar-refractivity contribution >= 4 is 26.0 Å². The minimum Gasteiger partial charge on any atom is -0.262 e. The van der Waals surface area contributed by atoms with Crippen LogP contribution in [0.1, 0.15) is 40.0 Å². The Bertz CT molecular complexity index is 596. The van der Waals surface area contributed by atoms with Crippen LogP contribution < -0.4 is 0 Å². The van der Waals surface area contributed by atoms with Gasteiger partial charge in [-0.05, 0) is 52.6 Å². The Morgan fingerprint density at radius 1 is 1.24 bits per heavy atom. The minimum atomic E-state index is -3.44. The van der Waals surface area contributed by atoms with Crippen LogP contribution in [0.5, 0.6) is 0 Å². The Labute approximate surface area is 136 Å². The lowest BCUT2D eigenvalue weighted by Gasteiger charge is -2.29. The SMILES string of the molecule is CC(C)(C)C1CCCN(S(=O)(=O)c2cncc(Br)c2)CC1. The molecule has 0 amide bonds. The maximum atomic E-state index is 12.7. The number of halogens is 1. The van der Waals surface area contributed by atoms with Gasteiger partial charge in [-0.1, -0.05) is 20.8 Å². The molecule has 0 aliphatic carbocycles. The molecule has 6 heteroatoms. The molecule has 0 radical (unpaired) electrons. The van der Waals surface area contributed by atoms with Gasteiger partial charge in [-0.3, -0.25) is 4.98 Å². The van der Waals surface area contributed by atoms with E-state index in [-0.39, 0.29) is 10.3 Å². The van der Waals surface area contributed by atoms with Gasteiger partial charge in [0.1, 0.15) is 4.90 Å². The van der Waals surface area contributed by atoms with E-state index in [1.165, 1.54) is 6.20 Å². The summed E-state index contributed by atoms with van der Waals surface area (Å²) in [6, 6.07) is 1.62. The van der Waals surface area contributed by atoms with Crippen LogP contribution in [0, 0.1) is 11.3 Å². The molecule has 1 aliphatic heterocycles. The molecule has 1 unspecified atom stereocenters. The molecule has 1 aromatic rings. The van der Waals surface area contributed by atoms with Crippen LogP contribution in [0.2, 0.25) is 0 Å². The third-order valence-electron chi connectivity index (χ3n) is 4.23. The van der Waals surface area contributed by atoms with Gasteiger partial charge in [0.2, 0.25) is 10.0 Å². The fraction of sp³-hybridized carbons (Fsp3) is 0.667. The van der Waals surface area contributed by atoms with E-state index in [1.807, 2.05) is 0 Å². The Kier molecular flexibility index (Phi) is 5.11. The zero-order chi connectivity index (χ0) is 15.7. The second-order valence-corrected chi connectivity index (χ2v) is 9.59. The molecular weight excluding hydrogens is 352 g/mol. The lowest BCUT2D eigenvalue weighted by molar-refractivity contribution is 0.217. The molecule has 0 saturated carbocycles. The van der Waals surface area contributed by atoms with Crippen molar-refractivity contribution < 1.29 is 8.42 Å². The first kappa shape index (κ1) is 16.9. The van der Waals surface area contributed by atoms with E-state index in [9.17, 15) is 8.42 Å². The molecular formula is C15H23BrN2O2S. The molecule has 118 valence electrons. The molecule has 1 saturated heterocycles. The summed E-state index contributed by atoms with van der Waals surface area (Å²) in [5, 5.41) is 0. The van der Waals surface area contributed by atoms with Crippen molar-refractivity contribution in [1.82, 2.24) is 9.29 Å². The van der Waals surface area contributed by atoms with Gasteiger partial charge in [0.05, 0.1) is 0 Å². The average Bonchev–Trinajstić information content (AvgIpc) is 2.64. The molecule has 21 heavy (non-hydrogen) atoms. The van der Waals surface area contributed by atoms with Gasteiger partial charge in [0.25, 0.3) is 0 Å². The number of nitrogens with zero attached hydrogens (tertiary/aromatic N) is 2. The summed E-state index contributed by atoms with van der Waals surface area (Å²) in [5.74, 6) is 0.568. The molecule has 2 rings (SSSR count). The number of sulfonamides is 1. The zero-order valence-electron chi connectivity index (χ0n) is 12.8. The number of hydrogen-bond acceptors (Lipinski definition) is 3. The third kappa shape index (κ3) is 4.05. The number of aromatic nitrogens is 1. The smallest absolute Gasteiger partial charge is 0.244 e. The topological polar surface area (TPSA) is 50.3 Å². The molecule has 1 aromatic heterocycles. The van der Waals surface area contributed by atoms with Gasteiger partial charge in [-0.2, -0.15) is 4.31 Å². The Balaban J connectivity index is 2.18. The van der Waals surface area contributed by atoms with E-state index >= 15 is 0 Å². The van der Waals surface area contributed by atoms with E-state index in [1.54, 1.807) is 16.6 Å². The summed E-state index contributed by atoms with van der Waals surface area (Å²) in [7, 11) is -3.44. The summed E-state index contributed by atoms with van der Waals surface area (Å²) in [6.07, 6.45) is 5.95. The molecule has 1 fully saturated rings. The highest BCUT2D eigenvalue weighted by atomic mass is 79.9. The quantitative estimate of drug-likeness (QED) is 0.792. The normalized spacial score (nSPS) is 22.0. The first-order valence-electron chi connectivity index (χ1n) is 7.32. The van der Waals surface area contributed by atoms with Crippen molar-refractivity contribution in [3.05, 3.63) is 22.9 Å². The lowest BCUT2D eigenvalue weighted by Crippen LogP contribution is -2.32. The van der Waals surface area contributed by atoms with Gasteiger partial charge < -0.3 is 0 Å². The standard InChI is InChI=1S/C15H23BrN2O2S/c1-15(2,3)12-5-4-7-18(8-6-12)21(19,20)14-9-13(16)10-17-11-14/h9-12H,4-8H2,1-3H3. The van der Waals surface area contributed by atoms with Gasteiger partial charge >= 0.3 is 0 Å². The predicted molar refractivity (Wildman–Crippen MR) is 87.5 cm³/mol. The maximum Gasteiger partial charge on any atom is 0.244 e. The summed E-state index contributed by atoms with van der Waals surface area (Å²) in [4.78, 5) is 4.24. The van der Waals surface area contributed by atoms with Crippen molar-refractivity contribution in [3.8, 4) is 0 Å². The van der Waals surface area contributed by atoms with Crippen molar-refractivity contribution in [3.63, 3.8) is 0 Å². The highest BCUT2D eigenvalue weighted by molar-refractivity contribution is 9.10. The molecule has 1 atom stereocenters. The average molecular weight is 375 g/mol. The fourth-order valence-electron chi connectivity index (χ4n) is 2.86. The molecule has 0 N–H and O–H groups in total. The Morgan fingerprint density at radius 2 is 1.95 bits per heavy atom. The number of rotatable bonds is 2. The first-order chi connectivity index (χ1) is 9.71. The van der Waals surface area contributed by atoms with Crippen LogP contribution in [0.15, 0.2) is 27.8 Å². The van der Waals surface area contributed by atoms with Crippen molar-refractivity contribution in [2.75, 3.05) is 13.1 Å². The summed E-state index contributed by atoms with van der Waals surface area (Å²) in [6.45, 7) is 7.90. The van der Waals surface area contributed by atoms with Crippen LogP contribution in [0.4, 0.5) is 0 Å². The van der Waals surface area contributed by atoms with Gasteiger partial charge in [-0.15, -0.1) is 0 Å². The number of hydrogen-bond donors (Lipinski definition) is 0. The summed E-state index contributed by atoms with van der Waals surface area (Å²) >= 11 is 3.28. The van der Waals surface area contributed by atoms with Crippen LogP contribution in [-0.4, -0.2) is 30.8 Å². The summed E-state index contributed by atoms with van der Waals surface area (Å²) < 4.78 is 27.7. The molecule has 0 spiro atoms. The molecule has 2 heterocycles. The van der Waals surface area contributed by atoms with Crippen molar-refractivity contribution in [2.45, 2.75) is 44.9 Å². The highest BCUT2D eigenvalue weighted by Crippen LogP contribution is 2.35. The van der Waals surface area contributed by atoms with Gasteiger partial charge in [0, 0.05) is 30.0 Å². The summed E-state index contributed by atoms with van der Waals surface area (Å²) in [5.41, 5.74) is 0.233. The van der Waals surface area contributed by atoms with Crippen LogP contribution >= 0.6 is 15.9 Å². The van der Waals surface area contributed by atoms with E-state index < -0.39 is 10.0 Å². The maximum absolute atomic E-state index is 12.7. The highest BCUT2D eigenvalue weighted by Gasteiger charge is 2.32.